The highest BCUT2D eigenvalue weighted by Crippen LogP contribution is 2.60. The predicted octanol–water partition coefficient (Wildman–Crippen LogP) is 4.18. The molecular formula is C18H20O. The molecule has 0 unspecified atom stereocenters. The van der Waals surface area contributed by atoms with E-state index in [1.807, 2.05) is 12.1 Å². The molecule has 0 amide bonds. The second kappa shape index (κ2) is 3.82. The fourth-order valence-electron chi connectivity index (χ4n) is 4.49. The van der Waals surface area contributed by atoms with E-state index < -0.39 is 0 Å². The lowest BCUT2D eigenvalue weighted by atomic mass is 9.63. The van der Waals surface area contributed by atoms with Crippen molar-refractivity contribution < 1.29 is 4.79 Å². The highest BCUT2D eigenvalue weighted by atomic mass is 16.1. The van der Waals surface area contributed by atoms with Gasteiger partial charge in [0.05, 0.1) is 0 Å². The minimum absolute atomic E-state index is 0.0907. The Hall–Kier alpha value is -1.37. The minimum atomic E-state index is -0.0907. The lowest BCUT2D eigenvalue weighted by molar-refractivity contribution is 0.0645. The summed E-state index contributed by atoms with van der Waals surface area (Å²) in [6, 6.07) is 8.21. The molecule has 1 spiro atoms. The molecule has 0 bridgehead atoms. The van der Waals surface area contributed by atoms with E-state index in [4.69, 9.17) is 0 Å². The van der Waals surface area contributed by atoms with Crippen LogP contribution in [0.25, 0.3) is 0 Å². The molecule has 1 heteroatoms. The van der Waals surface area contributed by atoms with E-state index in [9.17, 15) is 4.79 Å². The molecule has 1 nitrogen and oxygen atoms in total. The predicted molar refractivity (Wildman–Crippen MR) is 76.1 cm³/mol. The number of hydrogen-bond acceptors (Lipinski definition) is 1. The first kappa shape index (κ1) is 11.5. The van der Waals surface area contributed by atoms with Crippen molar-refractivity contribution in [2.24, 2.45) is 17.3 Å². The van der Waals surface area contributed by atoms with Crippen LogP contribution in [0.15, 0.2) is 36.4 Å². The van der Waals surface area contributed by atoms with Crippen LogP contribution in [0.2, 0.25) is 0 Å². The standard InChI is InChI=1S/C18H20O/c1-12-10-16(14-6-7-14)18(11-12)9-8-13-4-2-3-5-15(13)17(18)19/h2-5,14,16H,1,6-11H2/t16-,18+/m0/s1. The van der Waals surface area contributed by atoms with Gasteiger partial charge in [-0.3, -0.25) is 4.79 Å². The minimum Gasteiger partial charge on any atom is -0.294 e. The smallest absolute Gasteiger partial charge is 0.169 e. The molecule has 0 aliphatic heterocycles. The molecule has 3 aliphatic rings. The van der Waals surface area contributed by atoms with Crippen LogP contribution >= 0.6 is 0 Å². The van der Waals surface area contributed by atoms with E-state index in [1.54, 1.807) is 0 Å². The second-order valence-corrected chi connectivity index (χ2v) is 6.72. The zero-order valence-corrected chi connectivity index (χ0v) is 11.3. The number of aryl methyl sites for hydroxylation is 1. The first-order valence-electron chi connectivity index (χ1n) is 7.50. The van der Waals surface area contributed by atoms with Gasteiger partial charge in [0.1, 0.15) is 0 Å². The average molecular weight is 252 g/mol. The zero-order chi connectivity index (χ0) is 13.0. The topological polar surface area (TPSA) is 17.1 Å². The summed E-state index contributed by atoms with van der Waals surface area (Å²) in [5.41, 5.74) is 3.47. The van der Waals surface area contributed by atoms with Gasteiger partial charge in [0, 0.05) is 11.0 Å². The quantitative estimate of drug-likeness (QED) is 0.685. The van der Waals surface area contributed by atoms with E-state index in [1.165, 1.54) is 24.0 Å². The summed E-state index contributed by atoms with van der Waals surface area (Å²) >= 11 is 0. The summed E-state index contributed by atoms with van der Waals surface area (Å²) in [4.78, 5) is 13.1. The second-order valence-electron chi connectivity index (χ2n) is 6.72. The summed E-state index contributed by atoms with van der Waals surface area (Å²) in [5, 5.41) is 0. The van der Waals surface area contributed by atoms with Gasteiger partial charge in [-0.25, -0.2) is 0 Å². The molecule has 0 saturated heterocycles. The third-order valence-corrected chi connectivity index (χ3v) is 5.53. The summed E-state index contributed by atoms with van der Waals surface area (Å²) in [7, 11) is 0. The van der Waals surface area contributed by atoms with Crippen molar-refractivity contribution >= 4 is 5.78 Å². The Bertz CT molecular complexity index is 567. The molecule has 0 N–H and O–H groups in total. The molecule has 1 aromatic carbocycles. The average Bonchev–Trinajstić information content (AvgIpc) is 3.20. The van der Waals surface area contributed by atoms with Crippen LogP contribution in [0.4, 0.5) is 0 Å². The molecule has 19 heavy (non-hydrogen) atoms. The van der Waals surface area contributed by atoms with Crippen LogP contribution in [0.3, 0.4) is 0 Å². The maximum atomic E-state index is 13.1. The van der Waals surface area contributed by atoms with Crippen LogP contribution in [-0.2, 0) is 6.42 Å². The molecule has 0 aromatic heterocycles. The van der Waals surface area contributed by atoms with E-state index in [2.05, 4.69) is 18.7 Å². The van der Waals surface area contributed by atoms with Crippen LogP contribution in [-0.4, -0.2) is 5.78 Å². The number of allylic oxidation sites excluding steroid dienone is 1. The Kier molecular flexibility index (Phi) is 2.30. The number of hydrogen-bond donors (Lipinski definition) is 0. The maximum Gasteiger partial charge on any atom is 0.169 e. The van der Waals surface area contributed by atoms with Gasteiger partial charge in [0.25, 0.3) is 0 Å². The Balaban J connectivity index is 1.79. The normalized spacial score (nSPS) is 33.8. The van der Waals surface area contributed by atoms with Gasteiger partial charge < -0.3 is 0 Å². The number of ketones is 1. The fraction of sp³-hybridized carbons (Fsp3) is 0.500. The van der Waals surface area contributed by atoms with E-state index in [0.29, 0.717) is 11.7 Å². The highest BCUT2D eigenvalue weighted by Gasteiger charge is 2.56. The summed E-state index contributed by atoms with van der Waals surface area (Å²) in [5.74, 6) is 1.80. The van der Waals surface area contributed by atoms with Gasteiger partial charge in [-0.2, -0.15) is 0 Å². The molecular weight excluding hydrogens is 232 g/mol. The molecule has 98 valence electrons. The molecule has 1 aromatic rings. The molecule has 3 aliphatic carbocycles. The van der Waals surface area contributed by atoms with Gasteiger partial charge in [-0.05, 0) is 55.9 Å². The van der Waals surface area contributed by atoms with Crippen LogP contribution < -0.4 is 0 Å². The summed E-state index contributed by atoms with van der Waals surface area (Å²) in [6.07, 6.45) is 6.81. The number of fused-ring (bicyclic) bond motifs is 1. The van der Waals surface area contributed by atoms with Gasteiger partial charge in [0.15, 0.2) is 5.78 Å². The monoisotopic (exact) mass is 252 g/mol. The van der Waals surface area contributed by atoms with Crippen molar-refractivity contribution in [1.82, 2.24) is 0 Å². The van der Waals surface area contributed by atoms with E-state index in [0.717, 1.165) is 37.2 Å². The largest absolute Gasteiger partial charge is 0.294 e. The Morgan fingerprint density at radius 1 is 1.21 bits per heavy atom. The van der Waals surface area contributed by atoms with E-state index in [-0.39, 0.29) is 5.41 Å². The summed E-state index contributed by atoms with van der Waals surface area (Å²) < 4.78 is 0. The molecule has 0 heterocycles. The van der Waals surface area contributed by atoms with Crippen LogP contribution in [0, 0.1) is 17.3 Å². The van der Waals surface area contributed by atoms with Gasteiger partial charge in [-0.15, -0.1) is 0 Å². The third-order valence-electron chi connectivity index (χ3n) is 5.53. The zero-order valence-electron chi connectivity index (χ0n) is 11.3. The number of carbonyl (C=O) groups excluding carboxylic acids is 1. The number of carbonyl (C=O) groups is 1. The Morgan fingerprint density at radius 2 is 2.00 bits per heavy atom. The SMILES string of the molecule is C=C1C[C@@H](C2CC2)[C@@]2(CCc3ccccc3C2=O)C1. The van der Waals surface area contributed by atoms with Crippen molar-refractivity contribution in [1.29, 1.82) is 0 Å². The Labute approximate surface area is 114 Å². The van der Waals surface area contributed by atoms with Crippen molar-refractivity contribution in [2.45, 2.75) is 38.5 Å². The lowest BCUT2D eigenvalue weighted by Gasteiger charge is -2.38. The first-order chi connectivity index (χ1) is 9.21. The highest BCUT2D eigenvalue weighted by molar-refractivity contribution is 6.03. The molecule has 0 radical (unpaired) electrons. The summed E-state index contributed by atoms with van der Waals surface area (Å²) in [6.45, 7) is 4.20. The van der Waals surface area contributed by atoms with Crippen LogP contribution in [0.5, 0.6) is 0 Å². The number of benzene rings is 1. The fourth-order valence-corrected chi connectivity index (χ4v) is 4.49. The number of Topliss-reactive ketones (excluding diaryl/α,β-unsaturated/α-hetero) is 1. The lowest BCUT2D eigenvalue weighted by Crippen LogP contribution is -2.40. The number of rotatable bonds is 1. The molecule has 2 atom stereocenters. The molecule has 2 fully saturated rings. The van der Waals surface area contributed by atoms with Gasteiger partial charge in [0.2, 0.25) is 0 Å². The van der Waals surface area contributed by atoms with Crippen molar-refractivity contribution in [3.05, 3.63) is 47.5 Å². The van der Waals surface area contributed by atoms with Crippen molar-refractivity contribution in [2.75, 3.05) is 0 Å². The third kappa shape index (κ3) is 1.57. The van der Waals surface area contributed by atoms with Gasteiger partial charge >= 0.3 is 0 Å². The van der Waals surface area contributed by atoms with Crippen molar-refractivity contribution in [3.8, 4) is 0 Å². The van der Waals surface area contributed by atoms with Gasteiger partial charge in [-0.1, -0.05) is 36.4 Å². The van der Waals surface area contributed by atoms with Crippen LogP contribution in [0.1, 0.15) is 48.0 Å². The Morgan fingerprint density at radius 3 is 2.79 bits per heavy atom. The molecule has 4 rings (SSSR count). The molecule has 2 saturated carbocycles. The van der Waals surface area contributed by atoms with Crippen molar-refractivity contribution in [3.63, 3.8) is 0 Å². The maximum absolute atomic E-state index is 13.1. The van der Waals surface area contributed by atoms with E-state index >= 15 is 0 Å². The first-order valence-corrected chi connectivity index (χ1v) is 7.50.